The second-order valence-electron chi connectivity index (χ2n) is 5.40. The van der Waals surface area contributed by atoms with E-state index < -0.39 is 0 Å². The standard InChI is InChI=1S/C14H26N4/c1-17(8-4-13-3-6-15-11-13)9-5-14-12-16-7-10-18(14)2/h3,6,11,14-16H,4-5,7-10,12H2,1-2H3. The number of rotatable bonds is 6. The van der Waals surface area contributed by atoms with E-state index in [1.165, 1.54) is 25.1 Å². The normalized spacial score (nSPS) is 21.6. The molecule has 18 heavy (non-hydrogen) atoms. The number of H-pyrrole nitrogens is 1. The number of aromatic amines is 1. The summed E-state index contributed by atoms with van der Waals surface area (Å²) in [5.41, 5.74) is 1.40. The van der Waals surface area contributed by atoms with Gasteiger partial charge in [-0.3, -0.25) is 0 Å². The lowest BCUT2D eigenvalue weighted by Crippen LogP contribution is -2.50. The lowest BCUT2D eigenvalue weighted by atomic mass is 10.1. The van der Waals surface area contributed by atoms with Crippen molar-refractivity contribution in [1.82, 2.24) is 20.1 Å². The second-order valence-corrected chi connectivity index (χ2v) is 5.40. The van der Waals surface area contributed by atoms with Crippen LogP contribution in [0, 0.1) is 0 Å². The highest BCUT2D eigenvalue weighted by molar-refractivity contribution is 5.08. The van der Waals surface area contributed by atoms with Gasteiger partial charge in [0.05, 0.1) is 0 Å². The van der Waals surface area contributed by atoms with Crippen molar-refractivity contribution in [1.29, 1.82) is 0 Å². The first-order valence-corrected chi connectivity index (χ1v) is 6.97. The Kier molecular flexibility index (Phi) is 5.23. The van der Waals surface area contributed by atoms with Crippen molar-refractivity contribution in [2.24, 2.45) is 0 Å². The Labute approximate surface area is 110 Å². The van der Waals surface area contributed by atoms with Crippen LogP contribution in [0.1, 0.15) is 12.0 Å². The maximum absolute atomic E-state index is 3.48. The lowest BCUT2D eigenvalue weighted by molar-refractivity contribution is 0.173. The molecule has 0 amide bonds. The van der Waals surface area contributed by atoms with Crippen molar-refractivity contribution in [3.63, 3.8) is 0 Å². The Bertz CT molecular complexity index is 323. The average Bonchev–Trinajstić information content (AvgIpc) is 2.88. The molecule has 0 spiro atoms. The van der Waals surface area contributed by atoms with Crippen molar-refractivity contribution >= 4 is 0 Å². The molecule has 1 aliphatic rings. The lowest BCUT2D eigenvalue weighted by Gasteiger charge is -2.34. The summed E-state index contributed by atoms with van der Waals surface area (Å²) in [4.78, 5) is 8.03. The number of piperazine rings is 1. The van der Waals surface area contributed by atoms with E-state index in [4.69, 9.17) is 0 Å². The smallest absolute Gasteiger partial charge is 0.0230 e. The molecule has 1 atom stereocenters. The third kappa shape index (κ3) is 4.12. The third-order valence-corrected chi connectivity index (χ3v) is 3.93. The SMILES string of the molecule is CN(CCc1cc[nH]c1)CCC1CNCCN1C. The molecule has 2 N–H and O–H groups in total. The molecule has 1 aromatic rings. The van der Waals surface area contributed by atoms with Gasteiger partial charge in [0.25, 0.3) is 0 Å². The van der Waals surface area contributed by atoms with Crippen molar-refractivity contribution in [2.75, 3.05) is 46.8 Å². The van der Waals surface area contributed by atoms with Crippen LogP contribution in [0.15, 0.2) is 18.5 Å². The zero-order chi connectivity index (χ0) is 12.8. The van der Waals surface area contributed by atoms with Gasteiger partial charge in [-0.15, -0.1) is 0 Å². The molecular weight excluding hydrogens is 224 g/mol. The van der Waals surface area contributed by atoms with Crippen LogP contribution in [-0.4, -0.2) is 67.6 Å². The van der Waals surface area contributed by atoms with Crippen LogP contribution in [0.5, 0.6) is 0 Å². The van der Waals surface area contributed by atoms with E-state index in [2.05, 4.69) is 46.5 Å². The van der Waals surface area contributed by atoms with Gasteiger partial charge in [0.15, 0.2) is 0 Å². The van der Waals surface area contributed by atoms with Crippen LogP contribution >= 0.6 is 0 Å². The predicted molar refractivity (Wildman–Crippen MR) is 75.9 cm³/mol. The summed E-state index contributed by atoms with van der Waals surface area (Å²) in [5, 5.41) is 3.48. The van der Waals surface area contributed by atoms with E-state index in [9.17, 15) is 0 Å². The Morgan fingerprint density at radius 1 is 1.44 bits per heavy atom. The van der Waals surface area contributed by atoms with Gasteiger partial charge in [0.2, 0.25) is 0 Å². The summed E-state index contributed by atoms with van der Waals surface area (Å²) in [6.45, 7) is 5.78. The van der Waals surface area contributed by atoms with Crippen LogP contribution in [0.3, 0.4) is 0 Å². The summed E-state index contributed by atoms with van der Waals surface area (Å²) in [6, 6.07) is 2.86. The first kappa shape index (κ1) is 13.6. The van der Waals surface area contributed by atoms with Crippen molar-refractivity contribution in [2.45, 2.75) is 18.9 Å². The number of aromatic nitrogens is 1. The van der Waals surface area contributed by atoms with Gasteiger partial charge in [-0.2, -0.15) is 0 Å². The summed E-state index contributed by atoms with van der Waals surface area (Å²) < 4.78 is 0. The van der Waals surface area contributed by atoms with Gasteiger partial charge in [0.1, 0.15) is 0 Å². The average molecular weight is 250 g/mol. The van der Waals surface area contributed by atoms with Crippen molar-refractivity contribution in [3.8, 4) is 0 Å². The van der Waals surface area contributed by atoms with E-state index in [1.807, 2.05) is 6.20 Å². The van der Waals surface area contributed by atoms with E-state index >= 15 is 0 Å². The number of hydrogen-bond acceptors (Lipinski definition) is 3. The molecular formula is C14H26N4. The highest BCUT2D eigenvalue weighted by atomic mass is 15.2. The third-order valence-electron chi connectivity index (χ3n) is 3.93. The number of likely N-dealkylation sites (N-methyl/N-ethyl adjacent to an activating group) is 2. The molecule has 1 aliphatic heterocycles. The number of hydrogen-bond donors (Lipinski definition) is 2. The topological polar surface area (TPSA) is 34.3 Å². The maximum atomic E-state index is 3.48. The van der Waals surface area contributed by atoms with Crippen LogP contribution in [0.4, 0.5) is 0 Å². The molecule has 2 rings (SSSR count). The second kappa shape index (κ2) is 6.92. The zero-order valence-corrected chi connectivity index (χ0v) is 11.7. The van der Waals surface area contributed by atoms with Crippen molar-refractivity contribution in [3.05, 3.63) is 24.0 Å². The molecule has 4 nitrogen and oxygen atoms in total. The number of nitrogens with zero attached hydrogens (tertiary/aromatic N) is 2. The van der Waals surface area contributed by atoms with Crippen LogP contribution in [0.2, 0.25) is 0 Å². The molecule has 4 heteroatoms. The molecule has 1 unspecified atom stereocenters. The fourth-order valence-electron chi connectivity index (χ4n) is 2.50. The highest BCUT2D eigenvalue weighted by Gasteiger charge is 2.18. The Morgan fingerprint density at radius 3 is 3.06 bits per heavy atom. The van der Waals surface area contributed by atoms with Crippen LogP contribution in [0.25, 0.3) is 0 Å². The quantitative estimate of drug-likeness (QED) is 0.783. The van der Waals surface area contributed by atoms with Gasteiger partial charge in [0, 0.05) is 44.6 Å². The molecule has 2 heterocycles. The molecule has 1 aromatic heterocycles. The first-order valence-electron chi connectivity index (χ1n) is 6.97. The summed E-state index contributed by atoms with van der Waals surface area (Å²) in [7, 11) is 4.47. The minimum absolute atomic E-state index is 0.702. The van der Waals surface area contributed by atoms with E-state index in [1.54, 1.807) is 0 Å². The highest BCUT2D eigenvalue weighted by Crippen LogP contribution is 2.06. The van der Waals surface area contributed by atoms with Gasteiger partial charge in [-0.1, -0.05) is 0 Å². The van der Waals surface area contributed by atoms with Crippen molar-refractivity contribution < 1.29 is 0 Å². The summed E-state index contributed by atoms with van der Waals surface area (Å²) in [5.74, 6) is 0. The summed E-state index contributed by atoms with van der Waals surface area (Å²) >= 11 is 0. The molecule has 1 fully saturated rings. The van der Waals surface area contributed by atoms with Gasteiger partial charge < -0.3 is 20.1 Å². The monoisotopic (exact) mass is 250 g/mol. The van der Waals surface area contributed by atoms with E-state index in [0.29, 0.717) is 6.04 Å². The largest absolute Gasteiger partial charge is 0.367 e. The molecule has 102 valence electrons. The minimum atomic E-state index is 0.702. The maximum Gasteiger partial charge on any atom is 0.0230 e. The van der Waals surface area contributed by atoms with E-state index in [-0.39, 0.29) is 0 Å². The molecule has 0 saturated carbocycles. The van der Waals surface area contributed by atoms with Gasteiger partial charge in [-0.25, -0.2) is 0 Å². The predicted octanol–water partition coefficient (Wildman–Crippen LogP) is 0.783. The fourth-order valence-corrected chi connectivity index (χ4v) is 2.50. The fraction of sp³-hybridized carbons (Fsp3) is 0.714. The molecule has 0 aromatic carbocycles. The number of nitrogens with one attached hydrogen (secondary N) is 2. The molecule has 0 aliphatic carbocycles. The van der Waals surface area contributed by atoms with Gasteiger partial charge in [-0.05, 0) is 45.1 Å². The molecule has 0 bridgehead atoms. The Balaban J connectivity index is 1.63. The van der Waals surface area contributed by atoms with Crippen LogP contribution < -0.4 is 5.32 Å². The Hall–Kier alpha value is -0.840. The van der Waals surface area contributed by atoms with Gasteiger partial charge >= 0.3 is 0 Å². The van der Waals surface area contributed by atoms with Crippen LogP contribution in [-0.2, 0) is 6.42 Å². The molecule has 1 saturated heterocycles. The minimum Gasteiger partial charge on any atom is -0.367 e. The van der Waals surface area contributed by atoms with E-state index in [0.717, 1.165) is 26.1 Å². The summed E-state index contributed by atoms with van der Waals surface area (Å²) in [6.07, 6.45) is 6.48. The molecule has 0 radical (unpaired) electrons. The Morgan fingerprint density at radius 2 is 2.33 bits per heavy atom. The first-order chi connectivity index (χ1) is 8.75. The zero-order valence-electron chi connectivity index (χ0n) is 11.7.